The molecule has 0 spiro atoms. The number of rotatable bonds is 0. The fourth-order valence-electron chi connectivity index (χ4n) is 1.65. The molecule has 1 nitrogen and oxygen atoms in total. The van der Waals surface area contributed by atoms with Crippen molar-refractivity contribution in [3.63, 3.8) is 0 Å². The molecule has 9 heavy (non-hydrogen) atoms. The Morgan fingerprint density at radius 1 is 1.22 bits per heavy atom. The number of hydrogen-bond acceptors (Lipinski definition) is 1. The third-order valence-electron chi connectivity index (χ3n) is 2.23. The molecule has 2 unspecified atom stereocenters. The van der Waals surface area contributed by atoms with Gasteiger partial charge in [-0.2, -0.15) is 0 Å². The maximum atomic E-state index is 5.83. The first-order valence-corrected chi connectivity index (χ1v) is 4.04. The molecule has 0 aliphatic heterocycles. The van der Waals surface area contributed by atoms with Gasteiger partial charge in [0.05, 0.1) is 0 Å². The van der Waals surface area contributed by atoms with E-state index >= 15 is 0 Å². The van der Waals surface area contributed by atoms with Crippen LogP contribution in [0.25, 0.3) is 0 Å². The molecule has 1 aliphatic carbocycles. The molecular weight excluding hydrogens is 110 g/mol. The Morgan fingerprint density at radius 2 is 1.89 bits per heavy atom. The van der Waals surface area contributed by atoms with Crippen molar-refractivity contribution >= 4 is 0 Å². The lowest BCUT2D eigenvalue weighted by atomic mass is 10.0. The van der Waals surface area contributed by atoms with Gasteiger partial charge in [-0.25, -0.2) is 0 Å². The summed E-state index contributed by atoms with van der Waals surface area (Å²) in [4.78, 5) is 0. The third kappa shape index (κ3) is 2.35. The minimum absolute atomic E-state index is 0.502. The quantitative estimate of drug-likeness (QED) is 0.494. The van der Waals surface area contributed by atoms with Crippen molar-refractivity contribution in [3.8, 4) is 0 Å². The van der Waals surface area contributed by atoms with Crippen LogP contribution < -0.4 is 5.73 Å². The zero-order valence-electron chi connectivity index (χ0n) is 6.27. The van der Waals surface area contributed by atoms with Crippen LogP contribution in [-0.4, -0.2) is 6.04 Å². The Hall–Kier alpha value is -0.0400. The van der Waals surface area contributed by atoms with Crippen LogP contribution in [0.4, 0.5) is 0 Å². The molecule has 0 saturated heterocycles. The van der Waals surface area contributed by atoms with E-state index in [9.17, 15) is 0 Å². The first kappa shape index (κ1) is 7.07. The monoisotopic (exact) mass is 127 g/mol. The van der Waals surface area contributed by atoms with E-state index in [1.807, 2.05) is 0 Å². The van der Waals surface area contributed by atoms with Gasteiger partial charge in [-0.05, 0) is 18.8 Å². The highest BCUT2D eigenvalue weighted by atomic mass is 14.6. The van der Waals surface area contributed by atoms with E-state index in [1.165, 1.54) is 32.1 Å². The van der Waals surface area contributed by atoms with Crippen molar-refractivity contribution in [1.82, 2.24) is 0 Å². The molecule has 54 valence electrons. The van der Waals surface area contributed by atoms with E-state index in [1.54, 1.807) is 0 Å². The summed E-state index contributed by atoms with van der Waals surface area (Å²) in [5.74, 6) is 0.877. The Kier molecular flexibility index (Phi) is 2.52. The molecule has 1 saturated carbocycles. The van der Waals surface area contributed by atoms with Gasteiger partial charge < -0.3 is 5.73 Å². The summed E-state index contributed by atoms with van der Waals surface area (Å²) >= 11 is 0. The van der Waals surface area contributed by atoms with Gasteiger partial charge in [0, 0.05) is 6.04 Å². The highest BCUT2D eigenvalue weighted by molar-refractivity contribution is 4.69. The molecule has 0 aromatic rings. The summed E-state index contributed by atoms with van der Waals surface area (Å²) in [5, 5.41) is 0. The van der Waals surface area contributed by atoms with Gasteiger partial charge in [-0.3, -0.25) is 0 Å². The van der Waals surface area contributed by atoms with Crippen LogP contribution >= 0.6 is 0 Å². The van der Waals surface area contributed by atoms with E-state index < -0.39 is 0 Å². The lowest BCUT2D eigenvalue weighted by Gasteiger charge is -2.10. The lowest BCUT2D eigenvalue weighted by Crippen LogP contribution is -2.20. The fraction of sp³-hybridized carbons (Fsp3) is 1.00. The second kappa shape index (κ2) is 3.21. The Morgan fingerprint density at radius 3 is 2.67 bits per heavy atom. The molecule has 0 amide bonds. The smallest absolute Gasteiger partial charge is 0.00413 e. The second-order valence-corrected chi connectivity index (χ2v) is 3.39. The van der Waals surface area contributed by atoms with Crippen LogP contribution in [0.3, 0.4) is 0 Å². The lowest BCUT2D eigenvalue weighted by molar-refractivity contribution is 0.469. The molecule has 1 aliphatic rings. The minimum Gasteiger partial charge on any atom is -0.328 e. The van der Waals surface area contributed by atoms with Gasteiger partial charge in [0.2, 0.25) is 0 Å². The molecule has 0 aromatic carbocycles. The predicted molar refractivity (Wildman–Crippen MR) is 40.2 cm³/mol. The van der Waals surface area contributed by atoms with Gasteiger partial charge in [-0.1, -0.05) is 26.2 Å². The molecule has 1 rings (SSSR count). The first-order chi connectivity index (χ1) is 4.29. The number of nitrogens with two attached hydrogens (primary N) is 1. The van der Waals surface area contributed by atoms with Gasteiger partial charge in [0.25, 0.3) is 0 Å². The highest BCUT2D eigenvalue weighted by Gasteiger charge is 2.12. The summed E-state index contributed by atoms with van der Waals surface area (Å²) in [6.07, 6.45) is 6.65. The van der Waals surface area contributed by atoms with Crippen LogP contribution in [0.1, 0.15) is 39.0 Å². The summed E-state index contributed by atoms with van der Waals surface area (Å²) in [5.41, 5.74) is 5.83. The van der Waals surface area contributed by atoms with Crippen molar-refractivity contribution in [2.45, 2.75) is 45.1 Å². The van der Waals surface area contributed by atoms with E-state index in [4.69, 9.17) is 5.73 Å². The largest absolute Gasteiger partial charge is 0.328 e. The van der Waals surface area contributed by atoms with Crippen LogP contribution in [-0.2, 0) is 0 Å². The summed E-state index contributed by atoms with van der Waals surface area (Å²) in [6, 6.07) is 0.502. The molecule has 0 aromatic heterocycles. The normalized spacial score (nSPS) is 38.0. The van der Waals surface area contributed by atoms with Crippen molar-refractivity contribution in [2.24, 2.45) is 11.7 Å². The molecule has 0 radical (unpaired) electrons. The SMILES string of the molecule is CC1CCCCC(N)C1. The van der Waals surface area contributed by atoms with Gasteiger partial charge in [-0.15, -0.1) is 0 Å². The Balaban J connectivity index is 2.29. The molecule has 0 bridgehead atoms. The summed E-state index contributed by atoms with van der Waals surface area (Å²) in [6.45, 7) is 2.31. The van der Waals surface area contributed by atoms with Crippen LogP contribution in [0.15, 0.2) is 0 Å². The molecule has 1 heteroatoms. The topological polar surface area (TPSA) is 26.0 Å². The van der Waals surface area contributed by atoms with Crippen LogP contribution in [0, 0.1) is 5.92 Å². The molecule has 0 heterocycles. The molecular formula is C8H17N. The van der Waals surface area contributed by atoms with Crippen molar-refractivity contribution in [1.29, 1.82) is 0 Å². The Bertz CT molecular complexity index is 70.6. The maximum Gasteiger partial charge on any atom is 0.00413 e. The van der Waals surface area contributed by atoms with Gasteiger partial charge in [0.15, 0.2) is 0 Å². The van der Waals surface area contributed by atoms with E-state index in [2.05, 4.69) is 6.92 Å². The summed E-state index contributed by atoms with van der Waals surface area (Å²) < 4.78 is 0. The Labute approximate surface area is 57.6 Å². The zero-order chi connectivity index (χ0) is 6.69. The maximum absolute atomic E-state index is 5.83. The van der Waals surface area contributed by atoms with E-state index in [0.29, 0.717) is 6.04 Å². The average Bonchev–Trinajstić information content (AvgIpc) is 1.93. The molecule has 1 fully saturated rings. The summed E-state index contributed by atoms with van der Waals surface area (Å²) in [7, 11) is 0. The van der Waals surface area contributed by atoms with E-state index in [-0.39, 0.29) is 0 Å². The standard InChI is InChI=1S/C8H17N/c1-7-4-2-3-5-8(9)6-7/h7-8H,2-6,9H2,1H3. The zero-order valence-corrected chi connectivity index (χ0v) is 6.27. The van der Waals surface area contributed by atoms with Gasteiger partial charge in [0.1, 0.15) is 0 Å². The average molecular weight is 127 g/mol. The predicted octanol–water partition coefficient (Wildman–Crippen LogP) is 1.91. The van der Waals surface area contributed by atoms with Crippen molar-refractivity contribution in [2.75, 3.05) is 0 Å². The van der Waals surface area contributed by atoms with Crippen LogP contribution in [0.5, 0.6) is 0 Å². The minimum atomic E-state index is 0.502. The molecule has 2 atom stereocenters. The fourth-order valence-corrected chi connectivity index (χ4v) is 1.65. The second-order valence-electron chi connectivity index (χ2n) is 3.39. The van der Waals surface area contributed by atoms with E-state index in [0.717, 1.165) is 5.92 Å². The van der Waals surface area contributed by atoms with Crippen molar-refractivity contribution < 1.29 is 0 Å². The van der Waals surface area contributed by atoms with Gasteiger partial charge >= 0.3 is 0 Å². The molecule has 2 N–H and O–H groups in total. The number of hydrogen-bond donors (Lipinski definition) is 1. The highest BCUT2D eigenvalue weighted by Crippen LogP contribution is 2.20. The van der Waals surface area contributed by atoms with Crippen LogP contribution in [0.2, 0.25) is 0 Å². The van der Waals surface area contributed by atoms with Crippen molar-refractivity contribution in [3.05, 3.63) is 0 Å². The first-order valence-electron chi connectivity index (χ1n) is 4.04. The third-order valence-corrected chi connectivity index (χ3v) is 2.23.